The molecule has 3 heteroatoms. The van der Waals surface area contributed by atoms with Gasteiger partial charge in [-0.15, -0.1) is 0 Å². The van der Waals surface area contributed by atoms with Gasteiger partial charge in [0, 0.05) is 38.0 Å². The molecule has 2 rings (SSSR count). The van der Waals surface area contributed by atoms with E-state index in [0.717, 1.165) is 24.9 Å². The standard InChI is InChI=1S/C12H22N2S/c1-11(9-12-3-2-8-15-12)10-14-6-4-13-5-7-14/h12-13H,1-10H2. The van der Waals surface area contributed by atoms with Gasteiger partial charge < -0.3 is 5.32 Å². The summed E-state index contributed by atoms with van der Waals surface area (Å²) in [6, 6.07) is 0. The number of hydrogen-bond acceptors (Lipinski definition) is 3. The van der Waals surface area contributed by atoms with Crippen LogP contribution in [0.25, 0.3) is 0 Å². The van der Waals surface area contributed by atoms with E-state index in [9.17, 15) is 0 Å². The Balaban J connectivity index is 1.66. The maximum Gasteiger partial charge on any atom is 0.0191 e. The SMILES string of the molecule is C=C(CC1CCCS1)CN1CCNCC1. The molecule has 1 N–H and O–H groups in total. The average Bonchev–Trinajstić information content (AvgIpc) is 2.71. The largest absolute Gasteiger partial charge is 0.314 e. The van der Waals surface area contributed by atoms with Gasteiger partial charge >= 0.3 is 0 Å². The number of nitrogens with one attached hydrogen (secondary N) is 1. The first-order valence-corrected chi connectivity index (χ1v) is 7.11. The molecule has 86 valence electrons. The Bertz CT molecular complexity index is 206. The summed E-state index contributed by atoms with van der Waals surface area (Å²) in [5, 5.41) is 4.26. The summed E-state index contributed by atoms with van der Waals surface area (Å²) >= 11 is 2.14. The fourth-order valence-electron chi connectivity index (χ4n) is 2.38. The number of rotatable bonds is 4. The van der Waals surface area contributed by atoms with Gasteiger partial charge in [-0.25, -0.2) is 0 Å². The normalized spacial score (nSPS) is 28.1. The van der Waals surface area contributed by atoms with E-state index in [-0.39, 0.29) is 0 Å². The third-order valence-electron chi connectivity index (χ3n) is 3.20. The fraction of sp³-hybridized carbons (Fsp3) is 0.833. The van der Waals surface area contributed by atoms with Crippen LogP contribution in [0.15, 0.2) is 12.2 Å². The first-order valence-electron chi connectivity index (χ1n) is 6.06. The number of piperazine rings is 1. The molecule has 0 aromatic carbocycles. The Morgan fingerprint density at radius 1 is 1.40 bits per heavy atom. The molecule has 0 saturated carbocycles. The van der Waals surface area contributed by atoms with E-state index in [1.807, 2.05) is 0 Å². The van der Waals surface area contributed by atoms with Crippen molar-refractivity contribution in [3.63, 3.8) is 0 Å². The van der Waals surface area contributed by atoms with Crippen LogP contribution < -0.4 is 5.32 Å². The summed E-state index contributed by atoms with van der Waals surface area (Å²) in [5.41, 5.74) is 1.44. The highest BCUT2D eigenvalue weighted by molar-refractivity contribution is 8.00. The van der Waals surface area contributed by atoms with Gasteiger partial charge in [-0.1, -0.05) is 12.2 Å². The first kappa shape index (κ1) is 11.5. The van der Waals surface area contributed by atoms with Crippen LogP contribution >= 0.6 is 11.8 Å². The molecule has 15 heavy (non-hydrogen) atoms. The van der Waals surface area contributed by atoms with Crippen molar-refractivity contribution in [3.05, 3.63) is 12.2 Å². The molecule has 0 radical (unpaired) electrons. The molecule has 0 amide bonds. The minimum atomic E-state index is 0.875. The molecule has 2 heterocycles. The zero-order chi connectivity index (χ0) is 10.5. The van der Waals surface area contributed by atoms with Gasteiger partial charge in [0.15, 0.2) is 0 Å². The Kier molecular flexibility index (Phi) is 4.54. The van der Waals surface area contributed by atoms with E-state index >= 15 is 0 Å². The third-order valence-corrected chi connectivity index (χ3v) is 4.60. The van der Waals surface area contributed by atoms with E-state index in [0.29, 0.717) is 0 Å². The first-order chi connectivity index (χ1) is 7.34. The summed E-state index contributed by atoms with van der Waals surface area (Å²) < 4.78 is 0. The lowest BCUT2D eigenvalue weighted by atomic mass is 10.1. The lowest BCUT2D eigenvalue weighted by Crippen LogP contribution is -2.44. The van der Waals surface area contributed by atoms with E-state index in [4.69, 9.17) is 0 Å². The van der Waals surface area contributed by atoms with Crippen molar-refractivity contribution in [1.82, 2.24) is 10.2 Å². The van der Waals surface area contributed by atoms with Crippen molar-refractivity contribution in [3.8, 4) is 0 Å². The Hall–Kier alpha value is 0.01000. The van der Waals surface area contributed by atoms with Crippen LogP contribution in [0.1, 0.15) is 19.3 Å². The smallest absolute Gasteiger partial charge is 0.0191 e. The molecule has 2 saturated heterocycles. The molecule has 2 nitrogen and oxygen atoms in total. The van der Waals surface area contributed by atoms with E-state index in [2.05, 4.69) is 28.6 Å². The molecule has 0 aromatic heterocycles. The van der Waals surface area contributed by atoms with Crippen molar-refractivity contribution in [2.75, 3.05) is 38.5 Å². The van der Waals surface area contributed by atoms with Crippen LogP contribution in [0.4, 0.5) is 0 Å². The minimum absolute atomic E-state index is 0.875. The lowest BCUT2D eigenvalue weighted by Gasteiger charge is -2.28. The fourth-order valence-corrected chi connectivity index (χ4v) is 3.73. The highest BCUT2D eigenvalue weighted by atomic mass is 32.2. The van der Waals surface area contributed by atoms with Crippen LogP contribution in [-0.4, -0.2) is 48.6 Å². The maximum atomic E-state index is 4.24. The van der Waals surface area contributed by atoms with Crippen LogP contribution in [0.5, 0.6) is 0 Å². The Morgan fingerprint density at radius 2 is 2.20 bits per heavy atom. The van der Waals surface area contributed by atoms with E-state index in [1.165, 1.54) is 43.7 Å². The number of nitrogens with zero attached hydrogens (tertiary/aromatic N) is 1. The zero-order valence-corrected chi connectivity index (χ0v) is 10.3. The van der Waals surface area contributed by atoms with Crippen LogP contribution in [0.2, 0.25) is 0 Å². The molecule has 2 aliphatic rings. The molecule has 0 aromatic rings. The summed E-state index contributed by atoms with van der Waals surface area (Å²) in [4.78, 5) is 2.53. The summed E-state index contributed by atoms with van der Waals surface area (Å²) in [6.45, 7) is 10.0. The summed E-state index contributed by atoms with van der Waals surface area (Å²) in [6.07, 6.45) is 4.07. The minimum Gasteiger partial charge on any atom is -0.314 e. The molecule has 1 unspecified atom stereocenters. The highest BCUT2D eigenvalue weighted by Gasteiger charge is 2.18. The van der Waals surface area contributed by atoms with Crippen LogP contribution in [-0.2, 0) is 0 Å². The van der Waals surface area contributed by atoms with Crippen molar-refractivity contribution in [2.45, 2.75) is 24.5 Å². The molecule has 0 spiro atoms. The van der Waals surface area contributed by atoms with Crippen molar-refractivity contribution in [2.24, 2.45) is 0 Å². The molecule has 0 aliphatic carbocycles. The van der Waals surface area contributed by atoms with Gasteiger partial charge in [0.05, 0.1) is 0 Å². The number of hydrogen-bond donors (Lipinski definition) is 1. The van der Waals surface area contributed by atoms with Crippen LogP contribution in [0, 0.1) is 0 Å². The molecule has 2 fully saturated rings. The molecule has 2 aliphatic heterocycles. The summed E-state index contributed by atoms with van der Waals surface area (Å²) in [5.74, 6) is 1.37. The van der Waals surface area contributed by atoms with Gasteiger partial charge in [-0.3, -0.25) is 4.90 Å². The van der Waals surface area contributed by atoms with Crippen LogP contribution in [0.3, 0.4) is 0 Å². The van der Waals surface area contributed by atoms with Gasteiger partial charge in [0.1, 0.15) is 0 Å². The molecular weight excluding hydrogens is 204 g/mol. The average molecular weight is 226 g/mol. The second kappa shape index (κ2) is 5.92. The quantitative estimate of drug-likeness (QED) is 0.735. The summed E-state index contributed by atoms with van der Waals surface area (Å²) in [7, 11) is 0. The van der Waals surface area contributed by atoms with E-state index < -0.39 is 0 Å². The van der Waals surface area contributed by atoms with Crippen molar-refractivity contribution < 1.29 is 0 Å². The third kappa shape index (κ3) is 3.82. The van der Waals surface area contributed by atoms with Gasteiger partial charge in [-0.05, 0) is 25.0 Å². The van der Waals surface area contributed by atoms with Gasteiger partial charge in [0.25, 0.3) is 0 Å². The maximum absolute atomic E-state index is 4.24. The van der Waals surface area contributed by atoms with Crippen molar-refractivity contribution >= 4 is 11.8 Å². The highest BCUT2D eigenvalue weighted by Crippen LogP contribution is 2.30. The predicted octanol–water partition coefficient (Wildman–Crippen LogP) is 1.73. The van der Waals surface area contributed by atoms with Gasteiger partial charge in [0.2, 0.25) is 0 Å². The molecular formula is C12H22N2S. The molecule has 1 atom stereocenters. The topological polar surface area (TPSA) is 15.3 Å². The Morgan fingerprint density at radius 3 is 2.87 bits per heavy atom. The monoisotopic (exact) mass is 226 g/mol. The lowest BCUT2D eigenvalue weighted by molar-refractivity contribution is 0.257. The van der Waals surface area contributed by atoms with Crippen molar-refractivity contribution in [1.29, 1.82) is 0 Å². The second-order valence-corrected chi connectivity index (χ2v) is 6.02. The molecule has 0 bridgehead atoms. The van der Waals surface area contributed by atoms with Gasteiger partial charge in [-0.2, -0.15) is 11.8 Å². The Labute approximate surface area is 97.5 Å². The number of thioether (sulfide) groups is 1. The zero-order valence-electron chi connectivity index (χ0n) is 9.50. The predicted molar refractivity (Wildman–Crippen MR) is 68.5 cm³/mol. The van der Waals surface area contributed by atoms with E-state index in [1.54, 1.807) is 0 Å². The second-order valence-electron chi connectivity index (χ2n) is 4.62.